The molecule has 0 bridgehead atoms. The van der Waals surface area contributed by atoms with E-state index >= 15 is 0 Å². The van der Waals surface area contributed by atoms with Crippen LogP contribution in [0.2, 0.25) is 0 Å². The quantitative estimate of drug-likeness (QED) is 0.918. The molecule has 0 unspecified atom stereocenters. The Bertz CT molecular complexity index is 395. The molecule has 1 N–H and O–H groups in total. The molecule has 18 heavy (non-hydrogen) atoms. The van der Waals surface area contributed by atoms with Gasteiger partial charge in [-0.05, 0) is 30.2 Å². The summed E-state index contributed by atoms with van der Waals surface area (Å²) in [4.78, 5) is 2.22. The van der Waals surface area contributed by atoms with E-state index in [9.17, 15) is 8.78 Å². The van der Waals surface area contributed by atoms with Crippen molar-refractivity contribution in [2.45, 2.75) is 12.5 Å². The lowest BCUT2D eigenvalue weighted by molar-refractivity contribution is 0.156. The molecule has 0 aliphatic carbocycles. The largest absolute Gasteiger partial charge is 0.314 e. The van der Waals surface area contributed by atoms with E-state index in [1.807, 2.05) is 0 Å². The van der Waals surface area contributed by atoms with Crippen LogP contribution in [0.4, 0.5) is 8.78 Å². The lowest BCUT2D eigenvalue weighted by Gasteiger charge is -2.35. The van der Waals surface area contributed by atoms with Crippen LogP contribution in [-0.2, 0) is 0 Å². The van der Waals surface area contributed by atoms with Gasteiger partial charge in [0.1, 0.15) is 5.82 Å². The van der Waals surface area contributed by atoms with Crippen molar-refractivity contribution in [1.29, 1.82) is 0 Å². The van der Waals surface area contributed by atoms with Gasteiger partial charge in [-0.3, -0.25) is 9.29 Å². The summed E-state index contributed by atoms with van der Waals surface area (Å²) in [5.74, 6) is -0.271. The van der Waals surface area contributed by atoms with Crippen LogP contribution >= 0.6 is 15.9 Å². The van der Waals surface area contributed by atoms with Crippen molar-refractivity contribution in [2.24, 2.45) is 0 Å². The SMILES string of the molecule is FCC[C@H](c1cc(F)ccc1Br)N1CCNCC1. The van der Waals surface area contributed by atoms with Crippen molar-refractivity contribution in [2.75, 3.05) is 32.9 Å². The molecule has 0 spiro atoms. The third-order valence-electron chi connectivity index (χ3n) is 3.29. The van der Waals surface area contributed by atoms with Gasteiger partial charge < -0.3 is 5.32 Å². The van der Waals surface area contributed by atoms with Crippen LogP contribution in [0.25, 0.3) is 0 Å². The monoisotopic (exact) mass is 318 g/mol. The molecule has 1 aliphatic rings. The maximum Gasteiger partial charge on any atom is 0.123 e. The van der Waals surface area contributed by atoms with Gasteiger partial charge >= 0.3 is 0 Å². The second-order valence-corrected chi connectivity index (χ2v) is 5.30. The van der Waals surface area contributed by atoms with Crippen molar-refractivity contribution in [3.05, 3.63) is 34.1 Å². The van der Waals surface area contributed by atoms with E-state index in [1.54, 1.807) is 6.07 Å². The first-order valence-corrected chi connectivity index (χ1v) is 6.97. The highest BCUT2D eigenvalue weighted by molar-refractivity contribution is 9.10. The van der Waals surface area contributed by atoms with Gasteiger partial charge in [-0.2, -0.15) is 0 Å². The standard InChI is InChI=1S/C13H17BrF2N2/c14-12-2-1-10(16)9-11(12)13(3-4-15)18-7-5-17-6-8-18/h1-2,9,13,17H,3-8H2/t13-/m1/s1. The molecule has 5 heteroatoms. The zero-order valence-electron chi connectivity index (χ0n) is 10.1. The number of hydrogen-bond acceptors (Lipinski definition) is 2. The first-order chi connectivity index (χ1) is 8.72. The van der Waals surface area contributed by atoms with Crippen molar-refractivity contribution >= 4 is 15.9 Å². The lowest BCUT2D eigenvalue weighted by Crippen LogP contribution is -2.45. The molecule has 1 fully saturated rings. The van der Waals surface area contributed by atoms with E-state index in [4.69, 9.17) is 0 Å². The summed E-state index contributed by atoms with van der Waals surface area (Å²) in [5, 5.41) is 3.27. The molecule has 2 nitrogen and oxygen atoms in total. The van der Waals surface area contributed by atoms with Crippen molar-refractivity contribution < 1.29 is 8.78 Å². The Labute approximate surface area is 114 Å². The Morgan fingerprint density at radius 3 is 2.72 bits per heavy atom. The minimum atomic E-state index is -0.391. The zero-order valence-corrected chi connectivity index (χ0v) is 11.7. The fourth-order valence-corrected chi connectivity index (χ4v) is 2.91. The van der Waals surface area contributed by atoms with Crippen LogP contribution in [-0.4, -0.2) is 37.8 Å². The van der Waals surface area contributed by atoms with Gasteiger partial charge in [-0.15, -0.1) is 0 Å². The molecule has 1 aliphatic heterocycles. The highest BCUT2D eigenvalue weighted by atomic mass is 79.9. The van der Waals surface area contributed by atoms with Crippen LogP contribution in [0.3, 0.4) is 0 Å². The van der Waals surface area contributed by atoms with Crippen molar-refractivity contribution in [1.82, 2.24) is 10.2 Å². The Balaban J connectivity index is 2.24. The highest BCUT2D eigenvalue weighted by Crippen LogP contribution is 2.31. The normalized spacial score (nSPS) is 18.8. The number of nitrogens with zero attached hydrogens (tertiary/aromatic N) is 1. The summed E-state index contributed by atoms with van der Waals surface area (Å²) in [6.45, 7) is 3.14. The minimum absolute atomic E-state index is 0.0535. The molecule has 1 atom stereocenters. The Kier molecular flexibility index (Phi) is 5.09. The van der Waals surface area contributed by atoms with E-state index in [1.165, 1.54) is 12.1 Å². The van der Waals surface area contributed by atoms with Gasteiger partial charge in [0.15, 0.2) is 0 Å². The number of piperazine rings is 1. The van der Waals surface area contributed by atoms with Gasteiger partial charge in [0.2, 0.25) is 0 Å². The highest BCUT2D eigenvalue weighted by Gasteiger charge is 2.23. The van der Waals surface area contributed by atoms with Gasteiger partial charge in [-0.25, -0.2) is 4.39 Å². The number of nitrogens with one attached hydrogen (secondary N) is 1. The average molecular weight is 319 g/mol. The summed E-state index contributed by atoms with van der Waals surface area (Å²) >= 11 is 3.44. The summed E-state index contributed by atoms with van der Waals surface area (Å²) in [5.41, 5.74) is 0.842. The molecular formula is C13H17BrF2N2. The Hall–Kier alpha value is -0.520. The molecule has 2 rings (SSSR count). The van der Waals surface area contributed by atoms with E-state index < -0.39 is 6.67 Å². The topological polar surface area (TPSA) is 15.3 Å². The van der Waals surface area contributed by atoms with Crippen LogP contribution in [0.15, 0.2) is 22.7 Å². The number of halogens is 3. The van der Waals surface area contributed by atoms with E-state index in [2.05, 4.69) is 26.1 Å². The fraction of sp³-hybridized carbons (Fsp3) is 0.538. The second kappa shape index (κ2) is 6.59. The number of rotatable bonds is 4. The Morgan fingerprint density at radius 2 is 2.06 bits per heavy atom. The van der Waals surface area contributed by atoms with Gasteiger partial charge in [0, 0.05) is 36.7 Å². The van der Waals surface area contributed by atoms with Crippen molar-refractivity contribution in [3.8, 4) is 0 Å². The van der Waals surface area contributed by atoms with Gasteiger partial charge in [0.05, 0.1) is 6.67 Å². The summed E-state index contributed by atoms with van der Waals surface area (Å²) in [7, 11) is 0. The lowest BCUT2D eigenvalue weighted by atomic mass is 10.0. The summed E-state index contributed by atoms with van der Waals surface area (Å²) in [6.07, 6.45) is 0.405. The molecule has 1 aromatic rings. The second-order valence-electron chi connectivity index (χ2n) is 4.45. The molecule has 0 saturated carbocycles. The predicted octanol–water partition coefficient (Wildman–Crippen LogP) is 2.89. The van der Waals surface area contributed by atoms with Crippen LogP contribution < -0.4 is 5.32 Å². The summed E-state index contributed by atoms with van der Waals surface area (Å²) in [6, 6.07) is 4.56. The maximum absolute atomic E-state index is 13.4. The van der Waals surface area contributed by atoms with Gasteiger partial charge in [0.25, 0.3) is 0 Å². The molecule has 1 heterocycles. The minimum Gasteiger partial charge on any atom is -0.314 e. The zero-order chi connectivity index (χ0) is 13.0. The van der Waals surface area contributed by atoms with Crippen molar-refractivity contribution in [3.63, 3.8) is 0 Å². The number of alkyl halides is 1. The van der Waals surface area contributed by atoms with E-state index in [0.29, 0.717) is 6.42 Å². The molecule has 0 amide bonds. The first kappa shape index (κ1) is 13.9. The molecule has 1 saturated heterocycles. The first-order valence-electron chi connectivity index (χ1n) is 6.18. The number of hydrogen-bond donors (Lipinski definition) is 1. The molecule has 1 aromatic carbocycles. The molecular weight excluding hydrogens is 302 g/mol. The third-order valence-corrected chi connectivity index (χ3v) is 4.01. The Morgan fingerprint density at radius 1 is 1.33 bits per heavy atom. The molecule has 100 valence electrons. The fourth-order valence-electron chi connectivity index (χ4n) is 2.40. The van der Waals surface area contributed by atoms with E-state index in [-0.39, 0.29) is 11.9 Å². The average Bonchev–Trinajstić information content (AvgIpc) is 2.40. The van der Waals surface area contributed by atoms with Crippen LogP contribution in [0.1, 0.15) is 18.0 Å². The van der Waals surface area contributed by atoms with Gasteiger partial charge in [-0.1, -0.05) is 15.9 Å². The van der Waals surface area contributed by atoms with Crippen LogP contribution in [0, 0.1) is 5.82 Å². The predicted molar refractivity (Wildman–Crippen MR) is 71.9 cm³/mol. The maximum atomic E-state index is 13.4. The van der Waals surface area contributed by atoms with E-state index in [0.717, 1.165) is 36.2 Å². The third kappa shape index (κ3) is 3.28. The molecule has 0 aromatic heterocycles. The molecule has 0 radical (unpaired) electrons. The smallest absolute Gasteiger partial charge is 0.123 e. The van der Waals surface area contributed by atoms with Crippen LogP contribution in [0.5, 0.6) is 0 Å². The number of benzene rings is 1. The summed E-state index contributed by atoms with van der Waals surface area (Å²) < 4.78 is 27.0.